The number of benzene rings is 1. The Morgan fingerprint density at radius 2 is 1.90 bits per heavy atom. The van der Waals surface area contributed by atoms with Gasteiger partial charge in [0.25, 0.3) is 0 Å². The molecule has 20 heavy (non-hydrogen) atoms. The minimum absolute atomic E-state index is 0.423. The molecule has 2 heteroatoms. The first-order chi connectivity index (χ1) is 9.63. The SMILES string of the molecule is CCC1(NCc2ccc(OCCC(C)C)cc2)CCC1. The van der Waals surface area contributed by atoms with Crippen molar-refractivity contribution in [1.82, 2.24) is 5.32 Å². The molecule has 0 saturated heterocycles. The molecule has 0 heterocycles. The van der Waals surface area contributed by atoms with Gasteiger partial charge in [-0.05, 0) is 55.7 Å². The molecule has 0 spiro atoms. The molecular formula is C18H29NO. The average Bonchev–Trinajstić information content (AvgIpc) is 2.39. The van der Waals surface area contributed by atoms with Crippen molar-refractivity contribution in [2.75, 3.05) is 6.61 Å². The van der Waals surface area contributed by atoms with Gasteiger partial charge in [0.1, 0.15) is 5.75 Å². The third-order valence-corrected chi connectivity index (χ3v) is 4.54. The van der Waals surface area contributed by atoms with Gasteiger partial charge in [0.2, 0.25) is 0 Å². The van der Waals surface area contributed by atoms with Gasteiger partial charge in [0, 0.05) is 12.1 Å². The summed E-state index contributed by atoms with van der Waals surface area (Å²) in [6, 6.07) is 8.55. The van der Waals surface area contributed by atoms with Crippen molar-refractivity contribution < 1.29 is 4.74 Å². The van der Waals surface area contributed by atoms with Crippen molar-refractivity contribution in [3.05, 3.63) is 29.8 Å². The highest BCUT2D eigenvalue weighted by atomic mass is 16.5. The van der Waals surface area contributed by atoms with Crippen molar-refractivity contribution in [1.29, 1.82) is 0 Å². The standard InChI is InChI=1S/C18H29NO/c1-4-18(11-5-12-18)19-14-16-6-8-17(9-7-16)20-13-10-15(2)3/h6-9,15,19H,4-5,10-14H2,1-3H3. The number of hydrogen-bond acceptors (Lipinski definition) is 2. The number of rotatable bonds is 8. The number of nitrogens with one attached hydrogen (secondary N) is 1. The minimum Gasteiger partial charge on any atom is -0.494 e. The fourth-order valence-electron chi connectivity index (χ4n) is 2.66. The van der Waals surface area contributed by atoms with Gasteiger partial charge in [-0.2, -0.15) is 0 Å². The molecule has 1 saturated carbocycles. The molecule has 112 valence electrons. The van der Waals surface area contributed by atoms with Crippen LogP contribution in [0.1, 0.15) is 58.4 Å². The maximum Gasteiger partial charge on any atom is 0.119 e. The van der Waals surface area contributed by atoms with Crippen LogP contribution >= 0.6 is 0 Å². The third kappa shape index (κ3) is 4.24. The number of ether oxygens (including phenoxy) is 1. The van der Waals surface area contributed by atoms with Crippen LogP contribution in [0.3, 0.4) is 0 Å². The van der Waals surface area contributed by atoms with Crippen molar-refractivity contribution in [3.8, 4) is 5.75 Å². The first-order valence-electron chi connectivity index (χ1n) is 8.10. The molecule has 1 aromatic rings. The lowest BCUT2D eigenvalue weighted by Gasteiger charge is -2.42. The second kappa shape index (κ2) is 7.12. The zero-order valence-corrected chi connectivity index (χ0v) is 13.2. The van der Waals surface area contributed by atoms with Crippen LogP contribution in [0.4, 0.5) is 0 Å². The molecule has 0 bridgehead atoms. The van der Waals surface area contributed by atoms with Crippen molar-refractivity contribution in [3.63, 3.8) is 0 Å². The highest BCUT2D eigenvalue weighted by Gasteiger charge is 2.33. The quantitative estimate of drug-likeness (QED) is 0.752. The fraction of sp³-hybridized carbons (Fsp3) is 0.667. The second-order valence-corrected chi connectivity index (χ2v) is 6.52. The molecule has 1 aromatic carbocycles. The Labute approximate surface area is 123 Å². The lowest BCUT2D eigenvalue weighted by molar-refractivity contribution is 0.175. The molecule has 1 aliphatic carbocycles. The maximum absolute atomic E-state index is 5.75. The van der Waals surface area contributed by atoms with Gasteiger partial charge in [0.15, 0.2) is 0 Å². The molecule has 0 amide bonds. The van der Waals surface area contributed by atoms with Crippen LogP contribution in [0.5, 0.6) is 5.75 Å². The van der Waals surface area contributed by atoms with E-state index in [1.165, 1.54) is 31.2 Å². The molecule has 0 aliphatic heterocycles. The molecular weight excluding hydrogens is 246 g/mol. The Morgan fingerprint density at radius 3 is 2.40 bits per heavy atom. The van der Waals surface area contributed by atoms with Crippen LogP contribution in [0.15, 0.2) is 24.3 Å². The first-order valence-corrected chi connectivity index (χ1v) is 8.10. The Balaban J connectivity index is 1.76. The van der Waals surface area contributed by atoms with Crippen LogP contribution in [-0.2, 0) is 6.54 Å². The zero-order chi connectivity index (χ0) is 14.4. The predicted molar refractivity (Wildman–Crippen MR) is 85.1 cm³/mol. The van der Waals surface area contributed by atoms with E-state index in [1.807, 2.05) is 0 Å². The highest BCUT2D eigenvalue weighted by Crippen LogP contribution is 2.34. The largest absolute Gasteiger partial charge is 0.494 e. The van der Waals surface area contributed by atoms with Crippen LogP contribution in [-0.4, -0.2) is 12.1 Å². The van der Waals surface area contributed by atoms with E-state index in [0.717, 1.165) is 25.3 Å². The van der Waals surface area contributed by atoms with Crippen LogP contribution in [0.25, 0.3) is 0 Å². The molecule has 0 unspecified atom stereocenters. The Hall–Kier alpha value is -1.02. The van der Waals surface area contributed by atoms with Crippen LogP contribution in [0.2, 0.25) is 0 Å². The molecule has 1 N–H and O–H groups in total. The molecule has 2 rings (SSSR count). The van der Waals surface area contributed by atoms with E-state index in [2.05, 4.69) is 50.4 Å². The number of hydrogen-bond donors (Lipinski definition) is 1. The third-order valence-electron chi connectivity index (χ3n) is 4.54. The summed E-state index contributed by atoms with van der Waals surface area (Å²) in [6.45, 7) is 8.52. The van der Waals surface area contributed by atoms with Gasteiger partial charge in [-0.15, -0.1) is 0 Å². The zero-order valence-electron chi connectivity index (χ0n) is 13.2. The van der Waals surface area contributed by atoms with E-state index >= 15 is 0 Å². The van der Waals surface area contributed by atoms with Gasteiger partial charge >= 0.3 is 0 Å². The second-order valence-electron chi connectivity index (χ2n) is 6.52. The van der Waals surface area contributed by atoms with E-state index in [4.69, 9.17) is 4.74 Å². The van der Waals surface area contributed by atoms with Crippen LogP contribution in [0, 0.1) is 5.92 Å². The predicted octanol–water partition coefficient (Wildman–Crippen LogP) is 4.53. The first kappa shape index (κ1) is 15.4. The maximum atomic E-state index is 5.75. The van der Waals surface area contributed by atoms with Gasteiger partial charge < -0.3 is 10.1 Å². The summed E-state index contributed by atoms with van der Waals surface area (Å²) in [4.78, 5) is 0. The molecule has 1 fully saturated rings. The van der Waals surface area contributed by atoms with E-state index in [0.29, 0.717) is 11.5 Å². The van der Waals surface area contributed by atoms with Crippen molar-refractivity contribution >= 4 is 0 Å². The highest BCUT2D eigenvalue weighted by molar-refractivity contribution is 5.27. The minimum atomic E-state index is 0.423. The Morgan fingerprint density at radius 1 is 1.20 bits per heavy atom. The van der Waals surface area contributed by atoms with E-state index < -0.39 is 0 Å². The summed E-state index contributed by atoms with van der Waals surface area (Å²) < 4.78 is 5.75. The van der Waals surface area contributed by atoms with E-state index in [-0.39, 0.29) is 0 Å². The smallest absolute Gasteiger partial charge is 0.119 e. The van der Waals surface area contributed by atoms with Gasteiger partial charge in [-0.1, -0.05) is 32.9 Å². The molecule has 0 atom stereocenters. The molecule has 1 aliphatic rings. The molecule has 0 radical (unpaired) electrons. The lowest BCUT2D eigenvalue weighted by atomic mass is 9.75. The summed E-state index contributed by atoms with van der Waals surface area (Å²) in [6.07, 6.45) is 6.40. The van der Waals surface area contributed by atoms with Crippen molar-refractivity contribution in [2.45, 2.75) is 65.0 Å². The topological polar surface area (TPSA) is 21.3 Å². The van der Waals surface area contributed by atoms with Crippen molar-refractivity contribution in [2.24, 2.45) is 5.92 Å². The molecule has 2 nitrogen and oxygen atoms in total. The average molecular weight is 275 g/mol. The Kier molecular flexibility index (Phi) is 5.47. The summed E-state index contributed by atoms with van der Waals surface area (Å²) >= 11 is 0. The fourth-order valence-corrected chi connectivity index (χ4v) is 2.66. The van der Waals surface area contributed by atoms with E-state index in [1.54, 1.807) is 0 Å². The summed E-state index contributed by atoms with van der Waals surface area (Å²) in [5.74, 6) is 1.69. The summed E-state index contributed by atoms with van der Waals surface area (Å²) in [5, 5.41) is 3.74. The van der Waals surface area contributed by atoms with Gasteiger partial charge in [0.05, 0.1) is 6.61 Å². The van der Waals surface area contributed by atoms with Gasteiger partial charge in [-0.3, -0.25) is 0 Å². The summed E-state index contributed by atoms with van der Waals surface area (Å²) in [7, 11) is 0. The lowest BCUT2D eigenvalue weighted by Crippen LogP contribution is -2.49. The summed E-state index contributed by atoms with van der Waals surface area (Å²) in [5.41, 5.74) is 1.77. The van der Waals surface area contributed by atoms with Gasteiger partial charge in [-0.25, -0.2) is 0 Å². The normalized spacial score (nSPS) is 17.0. The Bertz CT molecular complexity index is 387. The monoisotopic (exact) mass is 275 g/mol. The van der Waals surface area contributed by atoms with Crippen LogP contribution < -0.4 is 10.1 Å². The molecule has 0 aromatic heterocycles. The van der Waals surface area contributed by atoms with E-state index in [9.17, 15) is 0 Å².